The molecule has 3 N–H and O–H groups in total. The topological polar surface area (TPSA) is 79.5 Å². The van der Waals surface area contributed by atoms with Crippen molar-refractivity contribution in [2.45, 2.75) is 51.0 Å². The summed E-state index contributed by atoms with van der Waals surface area (Å²) in [7, 11) is 0. The average molecular weight is 520 g/mol. The van der Waals surface area contributed by atoms with E-state index in [-0.39, 0.29) is 24.4 Å². The van der Waals surface area contributed by atoms with E-state index in [1.165, 1.54) is 12.0 Å². The molecule has 0 aliphatic heterocycles. The van der Waals surface area contributed by atoms with Crippen molar-refractivity contribution in [1.29, 1.82) is 0 Å². The second kappa shape index (κ2) is 13.7. The summed E-state index contributed by atoms with van der Waals surface area (Å²) in [5, 5.41) is 9.48. The summed E-state index contributed by atoms with van der Waals surface area (Å²) >= 11 is 6.30. The predicted molar refractivity (Wildman–Crippen MR) is 150 cm³/mol. The van der Waals surface area contributed by atoms with E-state index in [2.05, 4.69) is 28.1 Å². The first-order valence-corrected chi connectivity index (χ1v) is 13.4. The van der Waals surface area contributed by atoms with E-state index in [0.29, 0.717) is 34.3 Å². The Morgan fingerprint density at radius 1 is 0.919 bits per heavy atom. The second-order valence-corrected chi connectivity index (χ2v) is 9.75. The molecular weight excluding hydrogens is 486 g/mol. The molecule has 6 nitrogen and oxygen atoms in total. The number of halogens is 1. The molecule has 37 heavy (non-hydrogen) atoms. The van der Waals surface area contributed by atoms with Crippen molar-refractivity contribution in [2.75, 3.05) is 23.8 Å². The van der Waals surface area contributed by atoms with Gasteiger partial charge in [-0.1, -0.05) is 73.3 Å². The van der Waals surface area contributed by atoms with Crippen molar-refractivity contribution in [3.05, 3.63) is 88.9 Å². The van der Waals surface area contributed by atoms with Gasteiger partial charge in [0.15, 0.2) is 0 Å². The Bertz CT molecular complexity index is 1180. The molecule has 0 spiro atoms. The molecule has 0 bridgehead atoms. The molecule has 7 heteroatoms. The Morgan fingerprint density at radius 3 is 2.49 bits per heavy atom. The van der Waals surface area contributed by atoms with Crippen LogP contribution in [0.2, 0.25) is 5.02 Å². The van der Waals surface area contributed by atoms with Crippen LogP contribution in [0.5, 0.6) is 5.75 Å². The Morgan fingerprint density at radius 2 is 1.68 bits per heavy atom. The maximum atomic E-state index is 12.8. The zero-order chi connectivity index (χ0) is 25.9. The molecule has 0 unspecified atom stereocenters. The summed E-state index contributed by atoms with van der Waals surface area (Å²) in [4.78, 5) is 25.4. The van der Waals surface area contributed by atoms with Crippen molar-refractivity contribution in [1.82, 2.24) is 5.32 Å². The van der Waals surface area contributed by atoms with Crippen LogP contribution in [0.3, 0.4) is 0 Å². The van der Waals surface area contributed by atoms with E-state index in [1.54, 1.807) is 18.2 Å². The molecule has 1 aliphatic rings. The lowest BCUT2D eigenvalue weighted by Crippen LogP contribution is -2.36. The summed E-state index contributed by atoms with van der Waals surface area (Å²) in [6.07, 6.45) is 7.30. The molecule has 0 atom stereocenters. The number of hydrogen-bond acceptors (Lipinski definition) is 4. The van der Waals surface area contributed by atoms with Gasteiger partial charge in [-0.05, 0) is 61.6 Å². The lowest BCUT2D eigenvalue weighted by molar-refractivity contribution is -0.114. The minimum atomic E-state index is -0.219. The van der Waals surface area contributed by atoms with Crippen molar-refractivity contribution in [2.24, 2.45) is 0 Å². The van der Waals surface area contributed by atoms with Gasteiger partial charge in [0.1, 0.15) is 5.75 Å². The van der Waals surface area contributed by atoms with Gasteiger partial charge >= 0.3 is 0 Å². The highest BCUT2D eigenvalue weighted by Crippen LogP contribution is 2.25. The summed E-state index contributed by atoms with van der Waals surface area (Å²) in [6, 6.07) is 23.0. The molecule has 194 valence electrons. The second-order valence-electron chi connectivity index (χ2n) is 9.34. The Balaban J connectivity index is 1.27. The molecule has 1 aliphatic carbocycles. The number of nitrogens with one attached hydrogen (secondary N) is 3. The van der Waals surface area contributed by atoms with Gasteiger partial charge in [-0.2, -0.15) is 0 Å². The van der Waals surface area contributed by atoms with Crippen molar-refractivity contribution >= 4 is 34.8 Å². The van der Waals surface area contributed by atoms with Gasteiger partial charge in [0.05, 0.1) is 29.4 Å². The number of aryl methyl sites for hydroxylation is 1. The SMILES string of the molecule is O=C(CNc1ccc(Cl)c(C(=O)NC2CCCCC2)c1)Nc1ccccc1OCCCc1ccccc1. The third-order valence-electron chi connectivity index (χ3n) is 6.48. The maximum Gasteiger partial charge on any atom is 0.253 e. The third-order valence-corrected chi connectivity index (χ3v) is 6.81. The molecule has 2 amide bonds. The first-order valence-electron chi connectivity index (χ1n) is 13.0. The van der Waals surface area contributed by atoms with Crippen molar-refractivity contribution < 1.29 is 14.3 Å². The smallest absolute Gasteiger partial charge is 0.253 e. The molecule has 1 saturated carbocycles. The van der Waals surface area contributed by atoms with E-state index >= 15 is 0 Å². The molecule has 0 saturated heterocycles. The minimum Gasteiger partial charge on any atom is -0.491 e. The number of carbonyl (C=O) groups is 2. The monoisotopic (exact) mass is 519 g/mol. The maximum absolute atomic E-state index is 12.8. The van der Waals surface area contributed by atoms with E-state index in [9.17, 15) is 9.59 Å². The molecule has 3 aromatic rings. The fraction of sp³-hybridized carbons (Fsp3) is 0.333. The summed E-state index contributed by atoms with van der Waals surface area (Å²) in [5.41, 5.74) is 2.96. The quantitative estimate of drug-likeness (QED) is 0.254. The number of anilines is 2. The van der Waals surface area contributed by atoms with Crippen LogP contribution in [-0.4, -0.2) is 31.0 Å². The van der Waals surface area contributed by atoms with Crippen molar-refractivity contribution in [3.63, 3.8) is 0 Å². The van der Waals surface area contributed by atoms with Crippen molar-refractivity contribution in [3.8, 4) is 5.75 Å². The number of ether oxygens (including phenoxy) is 1. The fourth-order valence-electron chi connectivity index (χ4n) is 4.49. The van der Waals surface area contributed by atoms with Crippen LogP contribution in [0.25, 0.3) is 0 Å². The highest BCUT2D eigenvalue weighted by atomic mass is 35.5. The van der Waals surface area contributed by atoms with Gasteiger partial charge in [-0.25, -0.2) is 0 Å². The van der Waals surface area contributed by atoms with Crippen LogP contribution >= 0.6 is 11.6 Å². The van der Waals surface area contributed by atoms with Gasteiger partial charge in [0.25, 0.3) is 5.91 Å². The molecular formula is C30H34ClN3O3. The van der Waals surface area contributed by atoms with Gasteiger partial charge in [0, 0.05) is 11.7 Å². The highest BCUT2D eigenvalue weighted by molar-refractivity contribution is 6.34. The zero-order valence-electron chi connectivity index (χ0n) is 21.0. The molecule has 0 heterocycles. The van der Waals surface area contributed by atoms with E-state index in [1.807, 2.05) is 42.5 Å². The lowest BCUT2D eigenvalue weighted by Gasteiger charge is -2.23. The number of amides is 2. The van der Waals surface area contributed by atoms with Crippen LogP contribution in [0.4, 0.5) is 11.4 Å². The molecule has 1 fully saturated rings. The summed E-state index contributed by atoms with van der Waals surface area (Å²) < 4.78 is 5.95. The van der Waals surface area contributed by atoms with Crippen LogP contribution in [0.15, 0.2) is 72.8 Å². The fourth-order valence-corrected chi connectivity index (χ4v) is 4.70. The number of para-hydroxylation sites is 2. The summed E-state index contributed by atoms with van der Waals surface area (Å²) in [5.74, 6) is 0.240. The minimum absolute atomic E-state index is 0.0354. The van der Waals surface area contributed by atoms with Crippen LogP contribution in [0.1, 0.15) is 54.4 Å². The largest absolute Gasteiger partial charge is 0.491 e. The molecule has 0 aromatic heterocycles. The molecule has 0 radical (unpaired) electrons. The predicted octanol–water partition coefficient (Wildman–Crippen LogP) is 6.46. The van der Waals surface area contributed by atoms with Gasteiger partial charge < -0.3 is 20.7 Å². The first-order chi connectivity index (χ1) is 18.1. The number of benzene rings is 3. The van der Waals surface area contributed by atoms with E-state index < -0.39 is 0 Å². The first kappa shape index (κ1) is 26.6. The number of rotatable bonds is 11. The molecule has 4 rings (SSSR count). The van der Waals surface area contributed by atoms with Crippen LogP contribution in [0, 0.1) is 0 Å². The number of carbonyl (C=O) groups excluding carboxylic acids is 2. The molecule has 3 aromatic carbocycles. The standard InChI is InChI=1S/C30H34ClN3O3/c31-26-18-17-24(20-25(26)30(36)33-23-13-5-2-6-14-23)32-21-29(35)34-27-15-7-8-16-28(27)37-19-9-12-22-10-3-1-4-11-22/h1,3-4,7-8,10-11,15-18,20,23,32H,2,5-6,9,12-14,19,21H2,(H,33,36)(H,34,35). The Labute approximate surface area is 223 Å². The average Bonchev–Trinajstić information content (AvgIpc) is 2.92. The van der Waals surface area contributed by atoms with Crippen LogP contribution < -0.4 is 20.7 Å². The third kappa shape index (κ3) is 8.25. The number of hydrogen-bond donors (Lipinski definition) is 3. The van der Waals surface area contributed by atoms with E-state index in [0.717, 1.165) is 38.5 Å². The lowest BCUT2D eigenvalue weighted by atomic mass is 9.95. The van der Waals surface area contributed by atoms with Gasteiger partial charge in [-0.3, -0.25) is 9.59 Å². The summed E-state index contributed by atoms with van der Waals surface area (Å²) in [6.45, 7) is 0.587. The van der Waals surface area contributed by atoms with Crippen LogP contribution in [-0.2, 0) is 11.2 Å². The normalized spacial score (nSPS) is 13.5. The highest BCUT2D eigenvalue weighted by Gasteiger charge is 2.19. The van der Waals surface area contributed by atoms with E-state index in [4.69, 9.17) is 16.3 Å². The Hall–Kier alpha value is -3.51. The zero-order valence-corrected chi connectivity index (χ0v) is 21.7. The van der Waals surface area contributed by atoms with Gasteiger partial charge in [-0.15, -0.1) is 0 Å². The van der Waals surface area contributed by atoms with Gasteiger partial charge in [0.2, 0.25) is 5.91 Å². The Kier molecular flexibility index (Phi) is 9.83.